The zero-order valence-electron chi connectivity index (χ0n) is 10.9. The van der Waals surface area contributed by atoms with Crippen LogP contribution in [-0.4, -0.2) is 34.5 Å². The van der Waals surface area contributed by atoms with Crippen molar-refractivity contribution in [2.75, 3.05) is 6.54 Å². The van der Waals surface area contributed by atoms with E-state index in [1.54, 1.807) is 30.4 Å². The zero-order chi connectivity index (χ0) is 15.0. The van der Waals surface area contributed by atoms with Gasteiger partial charge in [-0.25, -0.2) is 4.79 Å². The highest BCUT2D eigenvalue weighted by Crippen LogP contribution is 2.38. The van der Waals surface area contributed by atoms with Crippen molar-refractivity contribution in [2.45, 2.75) is 11.8 Å². The summed E-state index contributed by atoms with van der Waals surface area (Å²) in [6.45, 7) is -0.0881. The second-order valence-corrected chi connectivity index (χ2v) is 5.82. The fraction of sp³-hybridized carbons (Fsp3) is 0.214. The fourth-order valence-corrected chi connectivity index (χ4v) is 3.40. The van der Waals surface area contributed by atoms with E-state index in [1.807, 2.05) is 5.38 Å². The molecule has 2 heterocycles. The number of thiophene rings is 1. The van der Waals surface area contributed by atoms with Crippen molar-refractivity contribution in [1.29, 1.82) is 0 Å². The lowest BCUT2D eigenvalue weighted by atomic mass is 9.79. The van der Waals surface area contributed by atoms with Gasteiger partial charge in [0.05, 0.1) is 0 Å². The molecule has 0 bridgehead atoms. The maximum absolute atomic E-state index is 11.8. The number of carbonyl (C=O) groups excluding carboxylic acids is 2. The summed E-state index contributed by atoms with van der Waals surface area (Å²) in [5, 5.41) is 13.7. The Labute approximate surface area is 124 Å². The first-order valence-electron chi connectivity index (χ1n) is 6.31. The van der Waals surface area contributed by atoms with E-state index >= 15 is 0 Å². The predicted molar refractivity (Wildman–Crippen MR) is 75.7 cm³/mol. The average molecular weight is 304 g/mol. The number of aliphatic carboxylic acids is 1. The largest absolute Gasteiger partial charge is 0.480 e. The van der Waals surface area contributed by atoms with E-state index in [0.717, 1.165) is 0 Å². The van der Waals surface area contributed by atoms with Gasteiger partial charge in [0.15, 0.2) is 0 Å². The second-order valence-electron chi connectivity index (χ2n) is 4.87. The molecular weight excluding hydrogens is 292 g/mol. The molecule has 1 fully saturated rings. The molecule has 1 unspecified atom stereocenters. The SMILES string of the molecule is O=C1CN(C2=CC(C(=O)O)(c3cccs3)CC=C2)C(=O)N1. The Morgan fingerprint density at radius 1 is 1.43 bits per heavy atom. The molecule has 1 aromatic rings. The number of nitrogens with one attached hydrogen (secondary N) is 1. The highest BCUT2D eigenvalue weighted by Gasteiger charge is 2.42. The molecule has 0 aromatic carbocycles. The maximum Gasteiger partial charge on any atom is 0.329 e. The third-order valence-electron chi connectivity index (χ3n) is 3.57. The lowest BCUT2D eigenvalue weighted by molar-refractivity contribution is -0.141. The number of amides is 3. The Morgan fingerprint density at radius 3 is 2.81 bits per heavy atom. The van der Waals surface area contributed by atoms with Gasteiger partial charge >= 0.3 is 12.0 Å². The molecule has 1 saturated heterocycles. The molecule has 1 aromatic heterocycles. The van der Waals surface area contributed by atoms with Crippen LogP contribution in [0.1, 0.15) is 11.3 Å². The number of hydrogen-bond acceptors (Lipinski definition) is 4. The number of carboxylic acid groups (broad SMARTS) is 1. The van der Waals surface area contributed by atoms with Crippen molar-refractivity contribution in [3.8, 4) is 0 Å². The molecule has 21 heavy (non-hydrogen) atoms. The van der Waals surface area contributed by atoms with Gasteiger partial charge in [0.2, 0.25) is 5.91 Å². The molecule has 0 spiro atoms. The Kier molecular flexibility index (Phi) is 3.13. The number of nitrogens with zero attached hydrogens (tertiary/aromatic N) is 1. The summed E-state index contributed by atoms with van der Waals surface area (Å²) in [5.74, 6) is -1.37. The van der Waals surface area contributed by atoms with Gasteiger partial charge in [-0.2, -0.15) is 0 Å². The summed E-state index contributed by atoms with van der Waals surface area (Å²) >= 11 is 1.36. The lowest BCUT2D eigenvalue weighted by Crippen LogP contribution is -2.37. The van der Waals surface area contributed by atoms with Crippen LogP contribution >= 0.6 is 11.3 Å². The number of hydrogen-bond donors (Lipinski definition) is 2. The summed E-state index contributed by atoms with van der Waals surface area (Å²) in [6, 6.07) is 3.03. The Balaban J connectivity index is 2.04. The van der Waals surface area contributed by atoms with E-state index in [4.69, 9.17) is 0 Å². The summed E-state index contributed by atoms with van der Waals surface area (Å²) in [6.07, 6.45) is 5.27. The van der Waals surface area contributed by atoms with E-state index in [9.17, 15) is 19.5 Å². The highest BCUT2D eigenvalue weighted by atomic mass is 32.1. The third-order valence-corrected chi connectivity index (χ3v) is 4.62. The monoisotopic (exact) mass is 304 g/mol. The first kappa shape index (κ1) is 13.6. The van der Waals surface area contributed by atoms with E-state index in [2.05, 4.69) is 5.32 Å². The van der Waals surface area contributed by atoms with Crippen molar-refractivity contribution in [1.82, 2.24) is 10.2 Å². The van der Waals surface area contributed by atoms with Crippen LogP contribution in [0.3, 0.4) is 0 Å². The number of allylic oxidation sites excluding steroid dienone is 2. The average Bonchev–Trinajstić information content (AvgIpc) is 3.08. The summed E-state index contributed by atoms with van der Waals surface area (Å²) < 4.78 is 0. The molecule has 6 nitrogen and oxygen atoms in total. The minimum absolute atomic E-state index is 0.0881. The summed E-state index contributed by atoms with van der Waals surface area (Å²) in [5.41, 5.74) is -0.759. The van der Waals surface area contributed by atoms with Crippen LogP contribution in [0.15, 0.2) is 41.4 Å². The predicted octanol–water partition coefficient (Wildman–Crippen LogP) is 1.47. The van der Waals surface area contributed by atoms with Crippen molar-refractivity contribution in [3.05, 3.63) is 46.3 Å². The van der Waals surface area contributed by atoms with Gasteiger partial charge in [-0.05, 0) is 30.0 Å². The van der Waals surface area contributed by atoms with Crippen molar-refractivity contribution >= 4 is 29.2 Å². The van der Waals surface area contributed by atoms with Crippen molar-refractivity contribution in [3.63, 3.8) is 0 Å². The molecule has 1 aliphatic heterocycles. The first-order chi connectivity index (χ1) is 10.0. The Bertz CT molecular complexity index is 677. The van der Waals surface area contributed by atoms with Gasteiger partial charge in [0.1, 0.15) is 12.0 Å². The lowest BCUT2D eigenvalue weighted by Gasteiger charge is -2.29. The zero-order valence-corrected chi connectivity index (χ0v) is 11.7. The molecule has 0 radical (unpaired) electrons. The Hall–Kier alpha value is -2.41. The van der Waals surface area contributed by atoms with E-state index in [-0.39, 0.29) is 6.54 Å². The smallest absolute Gasteiger partial charge is 0.329 e. The van der Waals surface area contributed by atoms with Crippen LogP contribution in [0.25, 0.3) is 0 Å². The third kappa shape index (κ3) is 2.15. The van der Waals surface area contributed by atoms with Crippen molar-refractivity contribution in [2.24, 2.45) is 0 Å². The molecule has 2 N–H and O–H groups in total. The Morgan fingerprint density at radius 2 is 2.24 bits per heavy atom. The molecule has 3 amide bonds. The molecule has 7 heteroatoms. The maximum atomic E-state index is 11.8. The van der Waals surface area contributed by atoms with Gasteiger partial charge in [0.25, 0.3) is 0 Å². The van der Waals surface area contributed by atoms with Crippen LogP contribution in [0.4, 0.5) is 4.79 Å². The van der Waals surface area contributed by atoms with Gasteiger partial charge in [-0.3, -0.25) is 19.8 Å². The molecule has 108 valence electrons. The van der Waals surface area contributed by atoms with Gasteiger partial charge in [0, 0.05) is 10.6 Å². The standard InChI is InChI=1S/C14H12N2O4S/c17-11-8-16(13(20)15-11)9-3-1-5-14(7-9,12(18)19)10-4-2-6-21-10/h1-4,6-7H,5,8H2,(H,18,19)(H,15,17,20). The number of carbonyl (C=O) groups is 3. The van der Waals surface area contributed by atoms with Crippen LogP contribution in [0, 0.1) is 0 Å². The summed E-state index contributed by atoms with van der Waals surface area (Å²) in [7, 11) is 0. The van der Waals surface area contributed by atoms with Crippen LogP contribution in [0.2, 0.25) is 0 Å². The fourth-order valence-electron chi connectivity index (χ4n) is 2.50. The van der Waals surface area contributed by atoms with Crippen LogP contribution in [-0.2, 0) is 15.0 Å². The van der Waals surface area contributed by atoms with E-state index in [1.165, 1.54) is 16.2 Å². The van der Waals surface area contributed by atoms with Gasteiger partial charge in [-0.15, -0.1) is 11.3 Å². The van der Waals surface area contributed by atoms with E-state index in [0.29, 0.717) is 17.0 Å². The topological polar surface area (TPSA) is 86.7 Å². The molecule has 1 aliphatic carbocycles. The van der Waals surface area contributed by atoms with E-state index < -0.39 is 23.3 Å². The van der Waals surface area contributed by atoms with Gasteiger partial charge in [-0.1, -0.05) is 12.1 Å². The van der Waals surface area contributed by atoms with Crippen LogP contribution < -0.4 is 5.32 Å². The minimum atomic E-state index is -1.19. The molecular formula is C14H12N2O4S. The molecule has 1 atom stereocenters. The second kappa shape index (κ2) is 4.85. The molecule has 0 saturated carbocycles. The number of carboxylic acids is 1. The molecule has 2 aliphatic rings. The number of rotatable bonds is 3. The minimum Gasteiger partial charge on any atom is -0.480 e. The normalized spacial score (nSPS) is 25.0. The van der Waals surface area contributed by atoms with Gasteiger partial charge < -0.3 is 5.11 Å². The van der Waals surface area contributed by atoms with Crippen LogP contribution in [0.5, 0.6) is 0 Å². The molecule has 3 rings (SSSR count). The summed E-state index contributed by atoms with van der Waals surface area (Å²) in [4.78, 5) is 36.8. The quantitative estimate of drug-likeness (QED) is 0.828. The number of urea groups is 1. The number of imide groups is 1. The highest BCUT2D eigenvalue weighted by molar-refractivity contribution is 7.10. The van der Waals surface area contributed by atoms with Crippen molar-refractivity contribution < 1.29 is 19.5 Å². The first-order valence-corrected chi connectivity index (χ1v) is 7.19.